The molecule has 0 aromatic heterocycles. The quantitative estimate of drug-likeness (QED) is 0.818. The van der Waals surface area contributed by atoms with Crippen LogP contribution >= 0.6 is 11.8 Å². The van der Waals surface area contributed by atoms with E-state index in [9.17, 15) is 0 Å². The number of hydrogen-bond acceptors (Lipinski definition) is 4. The van der Waals surface area contributed by atoms with Crippen LogP contribution in [0.15, 0.2) is 24.3 Å². The molecule has 3 nitrogen and oxygen atoms in total. The number of benzene rings is 1. The molecule has 1 aromatic rings. The highest BCUT2D eigenvalue weighted by molar-refractivity contribution is 7.99. The van der Waals surface area contributed by atoms with Gasteiger partial charge in [0, 0.05) is 5.75 Å². The van der Waals surface area contributed by atoms with E-state index < -0.39 is 0 Å². The number of rotatable bonds is 5. The standard InChI is InChI=1S/C13H19NO2S/c14-15-8-7-11-3-5-12(6-4-11)16-13-2-1-9-17-10-13/h3-6,13H,1-2,7-10,14H2. The minimum absolute atomic E-state index is 0.381. The summed E-state index contributed by atoms with van der Waals surface area (Å²) in [6.45, 7) is 0.555. The number of ether oxygens (including phenoxy) is 1. The van der Waals surface area contributed by atoms with Crippen molar-refractivity contribution in [3.63, 3.8) is 0 Å². The Balaban J connectivity index is 1.84. The summed E-state index contributed by atoms with van der Waals surface area (Å²) in [6.07, 6.45) is 3.67. The van der Waals surface area contributed by atoms with Crippen LogP contribution in [0.1, 0.15) is 18.4 Å². The predicted octanol–water partition coefficient (Wildman–Crippen LogP) is 2.39. The average molecular weight is 253 g/mol. The van der Waals surface area contributed by atoms with Crippen molar-refractivity contribution in [3.05, 3.63) is 29.8 Å². The monoisotopic (exact) mass is 253 g/mol. The molecule has 1 aliphatic rings. The lowest BCUT2D eigenvalue weighted by Crippen LogP contribution is -2.23. The molecular weight excluding hydrogens is 234 g/mol. The van der Waals surface area contributed by atoms with Gasteiger partial charge in [0.15, 0.2) is 0 Å². The van der Waals surface area contributed by atoms with Crippen LogP contribution in [-0.2, 0) is 11.3 Å². The van der Waals surface area contributed by atoms with Crippen molar-refractivity contribution >= 4 is 11.8 Å². The highest BCUT2D eigenvalue weighted by Gasteiger charge is 2.14. The molecule has 0 aliphatic carbocycles. The number of nitrogens with two attached hydrogens (primary N) is 1. The van der Waals surface area contributed by atoms with Crippen LogP contribution in [0.4, 0.5) is 0 Å². The van der Waals surface area contributed by atoms with Crippen LogP contribution in [0.2, 0.25) is 0 Å². The van der Waals surface area contributed by atoms with E-state index in [1.807, 2.05) is 23.9 Å². The van der Waals surface area contributed by atoms with Crippen molar-refractivity contribution in [1.82, 2.24) is 0 Å². The maximum Gasteiger partial charge on any atom is 0.119 e. The van der Waals surface area contributed by atoms with Crippen LogP contribution in [0.25, 0.3) is 0 Å². The van der Waals surface area contributed by atoms with E-state index in [2.05, 4.69) is 17.0 Å². The molecule has 1 aliphatic heterocycles. The number of thioether (sulfide) groups is 1. The van der Waals surface area contributed by atoms with E-state index in [1.165, 1.54) is 24.2 Å². The van der Waals surface area contributed by atoms with E-state index in [1.54, 1.807) is 0 Å². The van der Waals surface area contributed by atoms with Gasteiger partial charge in [-0.3, -0.25) is 0 Å². The van der Waals surface area contributed by atoms with Gasteiger partial charge < -0.3 is 9.57 Å². The van der Waals surface area contributed by atoms with Gasteiger partial charge in [-0.25, -0.2) is 5.90 Å². The zero-order chi connectivity index (χ0) is 11.9. The van der Waals surface area contributed by atoms with Gasteiger partial charge in [-0.05, 0) is 42.7 Å². The van der Waals surface area contributed by atoms with Gasteiger partial charge in [0.2, 0.25) is 0 Å². The smallest absolute Gasteiger partial charge is 0.119 e. The predicted molar refractivity (Wildman–Crippen MR) is 71.3 cm³/mol. The van der Waals surface area contributed by atoms with Crippen molar-refractivity contribution in [1.29, 1.82) is 0 Å². The van der Waals surface area contributed by atoms with Crippen molar-refractivity contribution in [2.75, 3.05) is 18.1 Å². The summed E-state index contributed by atoms with van der Waals surface area (Å²) in [6, 6.07) is 8.21. The fraction of sp³-hybridized carbons (Fsp3) is 0.538. The molecule has 2 N–H and O–H groups in total. The fourth-order valence-electron chi connectivity index (χ4n) is 1.91. The van der Waals surface area contributed by atoms with Crippen LogP contribution in [0.3, 0.4) is 0 Å². The Bertz CT molecular complexity index is 323. The van der Waals surface area contributed by atoms with Gasteiger partial charge in [-0.15, -0.1) is 0 Å². The lowest BCUT2D eigenvalue weighted by atomic mass is 10.1. The van der Waals surface area contributed by atoms with Gasteiger partial charge in [0.05, 0.1) is 6.61 Å². The summed E-state index contributed by atoms with van der Waals surface area (Å²) in [5.74, 6) is 8.36. The first-order valence-electron chi connectivity index (χ1n) is 6.03. The Morgan fingerprint density at radius 3 is 2.76 bits per heavy atom. The molecule has 4 heteroatoms. The van der Waals surface area contributed by atoms with E-state index in [0.717, 1.165) is 17.9 Å². The molecule has 1 unspecified atom stereocenters. The van der Waals surface area contributed by atoms with Crippen LogP contribution in [-0.4, -0.2) is 24.2 Å². The molecule has 0 radical (unpaired) electrons. The Kier molecular flexibility index (Phi) is 5.16. The fourth-order valence-corrected chi connectivity index (χ4v) is 2.94. The summed E-state index contributed by atoms with van der Waals surface area (Å²) in [7, 11) is 0. The maximum absolute atomic E-state index is 5.94. The largest absolute Gasteiger partial charge is 0.490 e. The molecular formula is C13H19NO2S. The lowest BCUT2D eigenvalue weighted by Gasteiger charge is -2.22. The van der Waals surface area contributed by atoms with E-state index >= 15 is 0 Å². The van der Waals surface area contributed by atoms with Crippen LogP contribution in [0.5, 0.6) is 5.75 Å². The summed E-state index contributed by atoms with van der Waals surface area (Å²) in [4.78, 5) is 4.56. The molecule has 1 fully saturated rings. The highest BCUT2D eigenvalue weighted by Crippen LogP contribution is 2.22. The SMILES string of the molecule is NOCCc1ccc(OC2CCCSC2)cc1. The molecule has 1 heterocycles. The average Bonchev–Trinajstić information content (AvgIpc) is 2.39. The molecule has 1 atom stereocenters. The first-order chi connectivity index (χ1) is 8.38. The van der Waals surface area contributed by atoms with Gasteiger partial charge >= 0.3 is 0 Å². The highest BCUT2D eigenvalue weighted by atomic mass is 32.2. The first kappa shape index (κ1) is 12.7. The van der Waals surface area contributed by atoms with Crippen molar-refractivity contribution in [2.45, 2.75) is 25.4 Å². The van der Waals surface area contributed by atoms with E-state index in [0.29, 0.717) is 12.7 Å². The van der Waals surface area contributed by atoms with Gasteiger partial charge in [0.1, 0.15) is 11.9 Å². The van der Waals surface area contributed by atoms with Gasteiger partial charge in [-0.2, -0.15) is 11.8 Å². The minimum atomic E-state index is 0.381. The third-order valence-electron chi connectivity index (χ3n) is 2.85. The van der Waals surface area contributed by atoms with Crippen molar-refractivity contribution in [3.8, 4) is 5.75 Å². The third-order valence-corrected chi connectivity index (χ3v) is 4.04. The van der Waals surface area contributed by atoms with E-state index in [-0.39, 0.29) is 0 Å². The van der Waals surface area contributed by atoms with Crippen molar-refractivity contribution in [2.24, 2.45) is 5.90 Å². The molecule has 17 heavy (non-hydrogen) atoms. The van der Waals surface area contributed by atoms with E-state index in [4.69, 9.17) is 10.6 Å². The lowest BCUT2D eigenvalue weighted by molar-refractivity contribution is 0.141. The van der Waals surface area contributed by atoms with Crippen LogP contribution < -0.4 is 10.6 Å². The molecule has 1 saturated heterocycles. The van der Waals surface area contributed by atoms with Crippen molar-refractivity contribution < 1.29 is 9.57 Å². The maximum atomic E-state index is 5.94. The zero-order valence-corrected chi connectivity index (χ0v) is 10.7. The Morgan fingerprint density at radius 2 is 2.12 bits per heavy atom. The first-order valence-corrected chi connectivity index (χ1v) is 7.19. The van der Waals surface area contributed by atoms with Crippen LogP contribution in [0, 0.1) is 0 Å². The Hall–Kier alpha value is -0.710. The topological polar surface area (TPSA) is 44.5 Å². The molecule has 94 valence electrons. The summed E-state index contributed by atoms with van der Waals surface area (Å²) in [5.41, 5.74) is 1.22. The third kappa shape index (κ3) is 4.22. The molecule has 0 saturated carbocycles. The summed E-state index contributed by atoms with van der Waals surface area (Å²) < 4.78 is 5.94. The molecule has 1 aromatic carbocycles. The molecule has 0 amide bonds. The zero-order valence-electron chi connectivity index (χ0n) is 9.93. The normalized spacial score (nSPS) is 20.2. The second-order valence-corrected chi connectivity index (χ2v) is 5.37. The minimum Gasteiger partial charge on any atom is -0.490 e. The summed E-state index contributed by atoms with van der Waals surface area (Å²) >= 11 is 1.98. The second-order valence-electron chi connectivity index (χ2n) is 4.22. The second kappa shape index (κ2) is 6.89. The van der Waals surface area contributed by atoms with Gasteiger partial charge in [-0.1, -0.05) is 12.1 Å². The molecule has 2 rings (SSSR count). The Morgan fingerprint density at radius 1 is 1.29 bits per heavy atom. The number of hydrogen-bond donors (Lipinski definition) is 1. The molecule has 0 bridgehead atoms. The summed E-state index contributed by atoms with van der Waals surface area (Å²) in [5, 5.41) is 0. The Labute approximate surface area is 107 Å². The molecule has 0 spiro atoms. The van der Waals surface area contributed by atoms with Gasteiger partial charge in [0.25, 0.3) is 0 Å².